The van der Waals surface area contributed by atoms with Gasteiger partial charge in [0.05, 0.1) is 12.7 Å². The van der Waals surface area contributed by atoms with Crippen molar-refractivity contribution in [2.75, 3.05) is 13.1 Å². The summed E-state index contributed by atoms with van der Waals surface area (Å²) in [5.41, 5.74) is 3.14. The van der Waals surface area contributed by atoms with E-state index in [0.29, 0.717) is 18.9 Å². The van der Waals surface area contributed by atoms with E-state index in [0.717, 1.165) is 0 Å². The van der Waals surface area contributed by atoms with Gasteiger partial charge in [-0.2, -0.15) is 9.37 Å². The summed E-state index contributed by atoms with van der Waals surface area (Å²) in [5, 5.41) is 8.57. The highest BCUT2D eigenvalue weighted by Gasteiger charge is 2.60. The highest BCUT2D eigenvalue weighted by molar-refractivity contribution is 8.00. The van der Waals surface area contributed by atoms with E-state index in [1.165, 1.54) is 0 Å². The highest BCUT2D eigenvalue weighted by atomic mass is 32.2. The van der Waals surface area contributed by atoms with Gasteiger partial charge in [-0.1, -0.05) is 6.08 Å². The van der Waals surface area contributed by atoms with Gasteiger partial charge in [-0.3, -0.25) is 10.3 Å². The number of rotatable bonds is 3. The van der Waals surface area contributed by atoms with Crippen molar-refractivity contribution in [1.82, 2.24) is 30.2 Å². The summed E-state index contributed by atoms with van der Waals surface area (Å²) in [5.74, 6) is -0.364. The van der Waals surface area contributed by atoms with E-state index in [-0.39, 0.29) is 0 Å². The first-order valence-corrected chi connectivity index (χ1v) is 8.91. The molecular formula is C15H17N7O3S. The van der Waals surface area contributed by atoms with Gasteiger partial charge in [0.1, 0.15) is 18.8 Å². The van der Waals surface area contributed by atoms with Crippen molar-refractivity contribution < 1.29 is 14.4 Å². The van der Waals surface area contributed by atoms with Crippen LogP contribution in [0.25, 0.3) is 0 Å². The fourth-order valence-corrected chi connectivity index (χ4v) is 4.12. The van der Waals surface area contributed by atoms with Crippen molar-refractivity contribution in [1.29, 1.82) is 0 Å². The molecule has 26 heavy (non-hydrogen) atoms. The summed E-state index contributed by atoms with van der Waals surface area (Å²) in [7, 11) is 0. The number of hydrogen-bond donors (Lipinski definition) is 2. The quantitative estimate of drug-likeness (QED) is 0.687. The van der Waals surface area contributed by atoms with E-state index in [4.69, 9.17) is 14.4 Å². The summed E-state index contributed by atoms with van der Waals surface area (Å²) in [6.45, 7) is 1.25. The van der Waals surface area contributed by atoms with Crippen LogP contribution in [0.1, 0.15) is 0 Å². The molecule has 0 aliphatic carbocycles. The Morgan fingerprint density at radius 2 is 2.15 bits per heavy atom. The van der Waals surface area contributed by atoms with Crippen LogP contribution in [0, 0.1) is 0 Å². The molecule has 0 amide bonds. The Kier molecular flexibility index (Phi) is 3.69. The molecule has 0 aromatic carbocycles. The number of hydrazine groups is 1. The minimum Gasteiger partial charge on any atom is -0.458 e. The van der Waals surface area contributed by atoms with E-state index in [1.54, 1.807) is 59.6 Å². The van der Waals surface area contributed by atoms with Gasteiger partial charge in [0.2, 0.25) is 5.84 Å². The standard InChI is InChI=1S/C15H17N7O3S/c1-6-20(24-9-1)13-15(21-7-2-12-26-21,22-18-5-11-25-22)19(8-3-16-13)14-17-4-10-23-14/h1-5,8-12,14,17-18H,6-7H2. The Hall–Kier alpha value is -2.76. The normalized spacial score (nSPS) is 32.5. The smallest absolute Gasteiger partial charge is 0.280 e. The molecule has 11 heteroatoms. The maximum Gasteiger partial charge on any atom is 0.280 e. The van der Waals surface area contributed by atoms with E-state index in [1.807, 2.05) is 22.6 Å². The summed E-state index contributed by atoms with van der Waals surface area (Å²) in [6.07, 6.45) is 15.5. The number of aliphatic imine (C=N–C) groups is 1. The lowest BCUT2D eigenvalue weighted by Crippen LogP contribution is -2.77. The number of nitrogens with zero attached hydrogens (tertiary/aromatic N) is 5. The van der Waals surface area contributed by atoms with Crippen LogP contribution in [0.2, 0.25) is 0 Å². The van der Waals surface area contributed by atoms with Crippen LogP contribution >= 0.6 is 11.9 Å². The van der Waals surface area contributed by atoms with Crippen molar-refractivity contribution in [2.24, 2.45) is 4.99 Å². The van der Waals surface area contributed by atoms with Gasteiger partial charge in [0.25, 0.3) is 12.1 Å². The third-order valence-electron chi connectivity index (χ3n) is 4.26. The van der Waals surface area contributed by atoms with Crippen molar-refractivity contribution in [3.05, 3.63) is 61.1 Å². The number of amidine groups is 1. The molecule has 0 saturated carbocycles. The SMILES string of the molecule is C1=CON(C2=NC=CN(C3NC=CO3)C2(N2NC=CO2)N2CC=CS2)C1. The fourth-order valence-electron chi connectivity index (χ4n) is 3.23. The molecule has 2 unspecified atom stereocenters. The number of hydroxylamine groups is 3. The Bertz CT molecular complexity index is 696. The summed E-state index contributed by atoms with van der Waals surface area (Å²) in [6, 6.07) is 0. The van der Waals surface area contributed by atoms with Gasteiger partial charge in [-0.15, -0.1) is 0 Å². The summed E-state index contributed by atoms with van der Waals surface area (Å²) in [4.78, 5) is 18.1. The van der Waals surface area contributed by atoms with Gasteiger partial charge in [-0.25, -0.2) is 4.99 Å². The van der Waals surface area contributed by atoms with Crippen LogP contribution in [0.15, 0.2) is 66.1 Å². The van der Waals surface area contributed by atoms with Gasteiger partial charge >= 0.3 is 0 Å². The van der Waals surface area contributed by atoms with Crippen molar-refractivity contribution in [2.45, 2.75) is 12.1 Å². The van der Waals surface area contributed by atoms with E-state index < -0.39 is 12.1 Å². The molecule has 5 rings (SSSR count). The summed E-state index contributed by atoms with van der Waals surface area (Å²) >= 11 is 1.56. The molecule has 0 aromatic heterocycles. The predicted molar refractivity (Wildman–Crippen MR) is 93.9 cm³/mol. The Labute approximate surface area is 154 Å². The molecule has 0 aromatic rings. The molecule has 5 aliphatic rings. The Balaban J connectivity index is 1.61. The second-order valence-electron chi connectivity index (χ2n) is 5.66. The first-order valence-electron chi connectivity index (χ1n) is 8.07. The molecule has 0 radical (unpaired) electrons. The van der Waals surface area contributed by atoms with Crippen molar-refractivity contribution in [3.8, 4) is 0 Å². The Morgan fingerprint density at radius 1 is 1.15 bits per heavy atom. The molecule has 10 nitrogen and oxygen atoms in total. The Morgan fingerprint density at radius 3 is 2.85 bits per heavy atom. The molecule has 0 spiro atoms. The largest absolute Gasteiger partial charge is 0.458 e. The topological polar surface area (TPSA) is 77.1 Å². The first kappa shape index (κ1) is 15.5. The maximum absolute atomic E-state index is 5.78. The third-order valence-corrected chi connectivity index (χ3v) is 5.23. The lowest BCUT2D eigenvalue weighted by Gasteiger charge is -2.53. The number of hydrogen-bond acceptors (Lipinski definition) is 11. The van der Waals surface area contributed by atoms with Gasteiger partial charge in [-0.05, 0) is 28.6 Å². The fraction of sp³-hybridized carbons (Fsp3) is 0.267. The average molecular weight is 375 g/mol. The monoisotopic (exact) mass is 375 g/mol. The van der Waals surface area contributed by atoms with Crippen LogP contribution in [0.5, 0.6) is 0 Å². The van der Waals surface area contributed by atoms with E-state index >= 15 is 0 Å². The second-order valence-corrected chi connectivity index (χ2v) is 6.58. The van der Waals surface area contributed by atoms with Crippen LogP contribution < -0.4 is 10.7 Å². The van der Waals surface area contributed by atoms with Crippen LogP contribution in [-0.2, 0) is 14.4 Å². The average Bonchev–Trinajstić information content (AvgIpc) is 3.49. The molecule has 0 fully saturated rings. The maximum atomic E-state index is 5.78. The minimum absolute atomic E-state index is 0.445. The van der Waals surface area contributed by atoms with Crippen LogP contribution in [0.4, 0.5) is 0 Å². The molecule has 136 valence electrons. The first-order chi connectivity index (χ1) is 12.9. The lowest BCUT2D eigenvalue weighted by molar-refractivity contribution is -0.269. The van der Waals surface area contributed by atoms with Gasteiger partial charge in [0.15, 0.2) is 0 Å². The van der Waals surface area contributed by atoms with Gasteiger partial charge in [0, 0.05) is 25.1 Å². The molecular weight excluding hydrogens is 358 g/mol. The predicted octanol–water partition coefficient (Wildman–Crippen LogP) is 0.661. The molecule has 2 atom stereocenters. The number of nitrogens with one attached hydrogen (secondary N) is 2. The molecule has 2 N–H and O–H groups in total. The molecule has 0 bridgehead atoms. The van der Waals surface area contributed by atoms with Gasteiger partial charge < -0.3 is 19.7 Å². The number of ether oxygens (including phenoxy) is 1. The summed E-state index contributed by atoms with van der Waals surface area (Å²) < 4.78 is 7.87. The molecule has 5 aliphatic heterocycles. The van der Waals surface area contributed by atoms with Crippen LogP contribution in [0.3, 0.4) is 0 Å². The zero-order chi connectivity index (χ0) is 17.4. The van der Waals surface area contributed by atoms with E-state index in [2.05, 4.69) is 26.1 Å². The van der Waals surface area contributed by atoms with E-state index in [9.17, 15) is 0 Å². The van der Waals surface area contributed by atoms with Crippen molar-refractivity contribution in [3.63, 3.8) is 0 Å². The van der Waals surface area contributed by atoms with Crippen LogP contribution in [-0.4, -0.2) is 50.5 Å². The highest BCUT2D eigenvalue weighted by Crippen LogP contribution is 2.40. The lowest BCUT2D eigenvalue weighted by atomic mass is 10.2. The second kappa shape index (κ2) is 6.20. The molecule has 0 saturated heterocycles. The zero-order valence-electron chi connectivity index (χ0n) is 13.6. The third kappa shape index (κ3) is 2.18. The van der Waals surface area contributed by atoms with Crippen molar-refractivity contribution >= 4 is 17.8 Å². The zero-order valence-corrected chi connectivity index (χ0v) is 14.5. The molecule has 5 heterocycles. The minimum atomic E-state index is -0.998.